The summed E-state index contributed by atoms with van der Waals surface area (Å²) < 4.78 is 24.2. The number of hydrogen-bond acceptors (Lipinski definition) is 5. The monoisotopic (exact) mass is 381 g/mol. The second-order valence-electron chi connectivity index (χ2n) is 6.94. The van der Waals surface area contributed by atoms with Gasteiger partial charge in [-0.2, -0.15) is 0 Å². The Morgan fingerprint density at radius 1 is 0.857 bits per heavy atom. The van der Waals surface area contributed by atoms with E-state index < -0.39 is 0 Å². The standard InChI is InChI=1S/C22H24FN3O2/c1-15-14-20(24-22-19(28-3)9-8-18(27-2)21(15)22)26-12-10-25(11-13-26)17-6-4-16(23)5-7-17/h4-9,14H,10-13H2,1-3H3. The smallest absolute Gasteiger partial charge is 0.145 e. The van der Waals surface area contributed by atoms with E-state index in [1.165, 1.54) is 12.1 Å². The molecular weight excluding hydrogens is 357 g/mol. The number of anilines is 2. The summed E-state index contributed by atoms with van der Waals surface area (Å²) in [5.74, 6) is 2.28. The Bertz CT molecular complexity index is 983. The molecule has 0 bridgehead atoms. The maximum absolute atomic E-state index is 13.2. The van der Waals surface area contributed by atoms with Gasteiger partial charge in [0.2, 0.25) is 0 Å². The molecule has 0 spiro atoms. The van der Waals surface area contributed by atoms with Crippen LogP contribution in [0.15, 0.2) is 42.5 Å². The minimum atomic E-state index is -0.206. The molecule has 1 aromatic heterocycles. The first-order valence-electron chi connectivity index (χ1n) is 9.38. The van der Waals surface area contributed by atoms with Crippen LogP contribution < -0.4 is 19.3 Å². The van der Waals surface area contributed by atoms with Crippen LogP contribution in [0.4, 0.5) is 15.9 Å². The number of benzene rings is 2. The van der Waals surface area contributed by atoms with Crippen LogP contribution in [0, 0.1) is 12.7 Å². The average Bonchev–Trinajstić information content (AvgIpc) is 2.73. The molecule has 1 aliphatic rings. The van der Waals surface area contributed by atoms with Crippen molar-refractivity contribution in [2.24, 2.45) is 0 Å². The summed E-state index contributed by atoms with van der Waals surface area (Å²) in [7, 11) is 3.33. The van der Waals surface area contributed by atoms with Crippen LogP contribution in [0.2, 0.25) is 0 Å². The Balaban J connectivity index is 1.61. The Morgan fingerprint density at radius 2 is 1.46 bits per heavy atom. The fourth-order valence-corrected chi connectivity index (χ4v) is 3.80. The van der Waals surface area contributed by atoms with Crippen LogP contribution in [0.25, 0.3) is 10.9 Å². The number of pyridine rings is 1. The predicted octanol–water partition coefficient (Wildman–Crippen LogP) is 4.03. The van der Waals surface area contributed by atoms with Gasteiger partial charge in [-0.1, -0.05) is 0 Å². The third-order valence-corrected chi connectivity index (χ3v) is 5.30. The molecule has 3 aromatic rings. The third kappa shape index (κ3) is 3.30. The average molecular weight is 381 g/mol. The fourth-order valence-electron chi connectivity index (χ4n) is 3.80. The number of aromatic nitrogens is 1. The Morgan fingerprint density at radius 3 is 2.11 bits per heavy atom. The molecule has 0 aliphatic carbocycles. The molecule has 0 N–H and O–H groups in total. The highest BCUT2D eigenvalue weighted by molar-refractivity contribution is 5.94. The Hall–Kier alpha value is -3.02. The molecule has 6 heteroatoms. The van der Waals surface area contributed by atoms with Gasteiger partial charge in [-0.05, 0) is 55.0 Å². The highest BCUT2D eigenvalue weighted by atomic mass is 19.1. The first-order chi connectivity index (χ1) is 13.6. The second-order valence-corrected chi connectivity index (χ2v) is 6.94. The van der Waals surface area contributed by atoms with Crippen molar-refractivity contribution < 1.29 is 13.9 Å². The van der Waals surface area contributed by atoms with Crippen molar-refractivity contribution in [3.8, 4) is 11.5 Å². The molecule has 146 valence electrons. The lowest BCUT2D eigenvalue weighted by atomic mass is 10.1. The molecule has 0 unspecified atom stereocenters. The number of fused-ring (bicyclic) bond motifs is 1. The molecule has 1 saturated heterocycles. The summed E-state index contributed by atoms with van der Waals surface area (Å²) in [6.07, 6.45) is 0. The van der Waals surface area contributed by atoms with E-state index in [1.807, 2.05) is 24.3 Å². The molecule has 4 rings (SSSR count). The SMILES string of the molecule is COc1ccc(OC)c2c(C)cc(N3CCN(c4ccc(F)cc4)CC3)nc12. The number of hydrogen-bond donors (Lipinski definition) is 0. The van der Waals surface area contributed by atoms with E-state index in [0.717, 1.165) is 65.6 Å². The van der Waals surface area contributed by atoms with Crippen molar-refractivity contribution in [3.05, 3.63) is 53.8 Å². The van der Waals surface area contributed by atoms with E-state index in [-0.39, 0.29) is 5.82 Å². The van der Waals surface area contributed by atoms with Gasteiger partial charge in [-0.15, -0.1) is 0 Å². The van der Waals surface area contributed by atoms with Crippen molar-refractivity contribution in [2.45, 2.75) is 6.92 Å². The van der Waals surface area contributed by atoms with Gasteiger partial charge in [0, 0.05) is 37.3 Å². The highest BCUT2D eigenvalue weighted by Crippen LogP contribution is 2.36. The highest BCUT2D eigenvalue weighted by Gasteiger charge is 2.21. The van der Waals surface area contributed by atoms with E-state index in [9.17, 15) is 4.39 Å². The van der Waals surface area contributed by atoms with Crippen LogP contribution >= 0.6 is 0 Å². The lowest BCUT2D eigenvalue weighted by Gasteiger charge is -2.37. The summed E-state index contributed by atoms with van der Waals surface area (Å²) in [5, 5.41) is 0.982. The molecule has 0 amide bonds. The zero-order valence-corrected chi connectivity index (χ0v) is 16.4. The van der Waals surface area contributed by atoms with E-state index in [4.69, 9.17) is 14.5 Å². The van der Waals surface area contributed by atoms with Gasteiger partial charge >= 0.3 is 0 Å². The van der Waals surface area contributed by atoms with Gasteiger partial charge in [-0.3, -0.25) is 0 Å². The zero-order valence-electron chi connectivity index (χ0n) is 16.4. The van der Waals surface area contributed by atoms with Crippen molar-refractivity contribution in [1.29, 1.82) is 0 Å². The van der Waals surface area contributed by atoms with Gasteiger partial charge in [0.15, 0.2) is 0 Å². The lowest BCUT2D eigenvalue weighted by molar-refractivity contribution is 0.409. The summed E-state index contributed by atoms with van der Waals surface area (Å²) in [6, 6.07) is 12.6. The summed E-state index contributed by atoms with van der Waals surface area (Å²) >= 11 is 0. The van der Waals surface area contributed by atoms with Gasteiger partial charge < -0.3 is 19.3 Å². The zero-order chi connectivity index (χ0) is 19.7. The minimum Gasteiger partial charge on any atom is -0.496 e. The van der Waals surface area contributed by atoms with E-state index in [2.05, 4.69) is 22.8 Å². The molecule has 5 nitrogen and oxygen atoms in total. The lowest BCUT2D eigenvalue weighted by Crippen LogP contribution is -2.46. The van der Waals surface area contributed by atoms with E-state index in [0.29, 0.717) is 0 Å². The molecule has 2 aromatic carbocycles. The van der Waals surface area contributed by atoms with Crippen LogP contribution in [-0.4, -0.2) is 45.4 Å². The summed E-state index contributed by atoms with van der Waals surface area (Å²) in [5.41, 5.74) is 2.98. The second kappa shape index (κ2) is 7.54. The molecule has 0 radical (unpaired) electrons. The first-order valence-corrected chi connectivity index (χ1v) is 9.38. The van der Waals surface area contributed by atoms with Crippen molar-refractivity contribution in [2.75, 3.05) is 50.2 Å². The molecule has 1 fully saturated rings. The van der Waals surface area contributed by atoms with Crippen molar-refractivity contribution >= 4 is 22.4 Å². The molecule has 2 heterocycles. The predicted molar refractivity (Wildman–Crippen MR) is 110 cm³/mol. The maximum Gasteiger partial charge on any atom is 0.145 e. The van der Waals surface area contributed by atoms with Crippen LogP contribution in [-0.2, 0) is 0 Å². The van der Waals surface area contributed by atoms with Crippen LogP contribution in [0.5, 0.6) is 11.5 Å². The Kier molecular flexibility index (Phi) is 4.94. The van der Waals surface area contributed by atoms with Gasteiger partial charge in [0.1, 0.15) is 28.7 Å². The van der Waals surface area contributed by atoms with Crippen molar-refractivity contribution in [3.63, 3.8) is 0 Å². The molecule has 1 aliphatic heterocycles. The van der Waals surface area contributed by atoms with Gasteiger partial charge in [0.05, 0.1) is 14.2 Å². The van der Waals surface area contributed by atoms with Gasteiger partial charge in [-0.25, -0.2) is 9.37 Å². The van der Waals surface area contributed by atoms with E-state index in [1.54, 1.807) is 14.2 Å². The number of methoxy groups -OCH3 is 2. The number of halogens is 1. The molecule has 0 atom stereocenters. The van der Waals surface area contributed by atoms with Crippen molar-refractivity contribution in [1.82, 2.24) is 4.98 Å². The first kappa shape index (κ1) is 18.3. The Labute approximate surface area is 164 Å². The fraction of sp³-hybridized carbons (Fsp3) is 0.318. The summed E-state index contributed by atoms with van der Waals surface area (Å²) in [4.78, 5) is 9.46. The maximum atomic E-state index is 13.2. The molecule has 0 saturated carbocycles. The largest absolute Gasteiger partial charge is 0.496 e. The summed E-state index contributed by atoms with van der Waals surface area (Å²) in [6.45, 7) is 5.49. The van der Waals surface area contributed by atoms with E-state index >= 15 is 0 Å². The number of piperazine rings is 1. The van der Waals surface area contributed by atoms with Crippen LogP contribution in [0.3, 0.4) is 0 Å². The number of ether oxygens (including phenoxy) is 2. The topological polar surface area (TPSA) is 37.8 Å². The third-order valence-electron chi connectivity index (χ3n) is 5.30. The normalized spacial score (nSPS) is 14.4. The molecule has 28 heavy (non-hydrogen) atoms. The van der Waals surface area contributed by atoms with Gasteiger partial charge in [0.25, 0.3) is 0 Å². The number of nitrogens with zero attached hydrogens (tertiary/aromatic N) is 3. The quantitative estimate of drug-likeness (QED) is 0.682. The number of aryl methyl sites for hydroxylation is 1. The van der Waals surface area contributed by atoms with Crippen LogP contribution in [0.1, 0.15) is 5.56 Å². The molecular formula is C22H24FN3O2. The minimum absolute atomic E-state index is 0.206. The number of rotatable bonds is 4.